The van der Waals surface area contributed by atoms with Crippen LogP contribution < -0.4 is 0 Å². The van der Waals surface area contributed by atoms with Gasteiger partial charge in [-0.15, -0.1) is 0 Å². The number of carbonyl (C=O) groups is 1. The van der Waals surface area contributed by atoms with Crippen molar-refractivity contribution in [2.75, 3.05) is 7.11 Å². The summed E-state index contributed by atoms with van der Waals surface area (Å²) >= 11 is 0. The first-order valence-electron chi connectivity index (χ1n) is 3.30. The third-order valence-corrected chi connectivity index (χ3v) is 1.29. The van der Waals surface area contributed by atoms with Gasteiger partial charge in [0.2, 0.25) is 0 Å². The average molecular weight is 149 g/mol. The first-order chi connectivity index (χ1) is 5.33. The number of esters is 1. The smallest absolute Gasteiger partial charge is 0.388 e. The molecule has 0 unspecified atom stereocenters. The zero-order valence-electron chi connectivity index (χ0n) is 6.28. The van der Waals surface area contributed by atoms with Gasteiger partial charge in [0, 0.05) is 12.1 Å². The van der Waals surface area contributed by atoms with Gasteiger partial charge in [-0.05, 0) is 18.2 Å². The fourth-order valence-electron chi connectivity index (χ4n) is 0.744. The Kier molecular flexibility index (Phi) is 2.55. The van der Waals surface area contributed by atoms with Crippen molar-refractivity contribution in [3.05, 3.63) is 42.3 Å². The number of hydrogen-bond donors (Lipinski definition) is 0. The molecule has 0 spiro atoms. The Morgan fingerprint density at radius 2 is 2.00 bits per heavy atom. The molecule has 2 heteroatoms. The van der Waals surface area contributed by atoms with Crippen LogP contribution in [-0.2, 0) is 9.53 Å². The molecule has 0 saturated heterocycles. The van der Waals surface area contributed by atoms with E-state index >= 15 is 0 Å². The van der Waals surface area contributed by atoms with E-state index in [-0.39, 0.29) is 5.97 Å². The number of rotatable bonds is 2. The number of ether oxygens (including phenoxy) is 1. The van der Waals surface area contributed by atoms with Gasteiger partial charge in [0.15, 0.2) is 0 Å². The van der Waals surface area contributed by atoms with Gasteiger partial charge in [-0.1, -0.05) is 0 Å². The van der Waals surface area contributed by atoms with Crippen LogP contribution in [-0.4, -0.2) is 13.1 Å². The maximum atomic E-state index is 10.7. The fraction of sp³-hybridized carbons (Fsp3) is 0.111. The van der Waals surface area contributed by atoms with Gasteiger partial charge in [0.05, 0.1) is 7.11 Å². The number of hydrogen-bond acceptors (Lipinski definition) is 2. The van der Waals surface area contributed by atoms with Crippen LogP contribution in [0.2, 0.25) is 0 Å². The summed E-state index contributed by atoms with van der Waals surface area (Å²) < 4.78 is 4.46. The highest BCUT2D eigenvalue weighted by Gasteiger charge is 2.08. The first-order valence-corrected chi connectivity index (χ1v) is 3.30. The summed E-state index contributed by atoms with van der Waals surface area (Å²) in [5.41, 5.74) is 0.861. The molecular weight excluding hydrogens is 140 g/mol. The second kappa shape index (κ2) is 3.66. The van der Waals surface area contributed by atoms with Crippen molar-refractivity contribution < 1.29 is 9.53 Å². The highest BCUT2D eigenvalue weighted by Crippen LogP contribution is 2.01. The van der Waals surface area contributed by atoms with Crippen LogP contribution in [0.25, 0.3) is 0 Å². The molecule has 0 heterocycles. The van der Waals surface area contributed by atoms with E-state index in [4.69, 9.17) is 0 Å². The number of carbonyl (C=O) groups excluding carboxylic acids is 1. The van der Waals surface area contributed by atoms with Crippen molar-refractivity contribution in [3.63, 3.8) is 0 Å². The zero-order valence-corrected chi connectivity index (χ0v) is 6.28. The molecule has 0 atom stereocenters. The van der Waals surface area contributed by atoms with Crippen LogP contribution in [0.1, 0.15) is 5.56 Å². The molecule has 0 radical (unpaired) electrons. The molecule has 0 aliphatic carbocycles. The Morgan fingerprint density at radius 1 is 1.36 bits per heavy atom. The Morgan fingerprint density at radius 3 is 2.55 bits per heavy atom. The van der Waals surface area contributed by atoms with E-state index in [1.807, 2.05) is 30.3 Å². The maximum absolute atomic E-state index is 10.7. The SMILES string of the molecule is COC(=O)[CH+]c1ccccc1. The van der Waals surface area contributed by atoms with E-state index in [9.17, 15) is 4.79 Å². The summed E-state index contributed by atoms with van der Waals surface area (Å²) in [4.78, 5) is 10.7. The third-order valence-electron chi connectivity index (χ3n) is 1.29. The van der Waals surface area contributed by atoms with Gasteiger partial charge >= 0.3 is 5.97 Å². The minimum absolute atomic E-state index is 0.323. The van der Waals surface area contributed by atoms with Crippen molar-refractivity contribution in [3.8, 4) is 0 Å². The highest BCUT2D eigenvalue weighted by atomic mass is 16.5. The summed E-state index contributed by atoms with van der Waals surface area (Å²) in [7, 11) is 1.36. The highest BCUT2D eigenvalue weighted by molar-refractivity contribution is 5.82. The molecule has 0 fully saturated rings. The molecule has 0 aromatic heterocycles. The van der Waals surface area contributed by atoms with Crippen molar-refractivity contribution in [2.45, 2.75) is 0 Å². The predicted molar refractivity (Wildman–Crippen MR) is 41.9 cm³/mol. The van der Waals surface area contributed by atoms with Crippen LogP contribution in [0.3, 0.4) is 0 Å². The lowest BCUT2D eigenvalue weighted by Crippen LogP contribution is -2.01. The van der Waals surface area contributed by atoms with Crippen molar-refractivity contribution >= 4 is 5.97 Å². The Bertz CT molecular complexity index is 229. The van der Waals surface area contributed by atoms with Crippen molar-refractivity contribution in [2.24, 2.45) is 0 Å². The predicted octanol–water partition coefficient (Wildman–Crippen LogP) is 1.41. The Balaban J connectivity index is 2.58. The quantitative estimate of drug-likeness (QED) is 0.469. The van der Waals surface area contributed by atoms with E-state index in [1.165, 1.54) is 13.5 Å². The molecule has 0 N–H and O–H groups in total. The van der Waals surface area contributed by atoms with Crippen LogP contribution in [0.15, 0.2) is 30.3 Å². The standard InChI is InChI=1S/C9H9O2/c1-11-9(10)7-8-5-3-2-4-6-8/h2-7H,1H3/q+1. The normalized spacial score (nSPS) is 8.82. The summed E-state index contributed by atoms with van der Waals surface area (Å²) in [5, 5.41) is 0. The molecule has 0 amide bonds. The largest absolute Gasteiger partial charge is 0.456 e. The van der Waals surface area contributed by atoms with Gasteiger partial charge < -0.3 is 4.74 Å². The summed E-state index contributed by atoms with van der Waals surface area (Å²) in [6.45, 7) is 0. The second-order valence-electron chi connectivity index (χ2n) is 2.08. The third kappa shape index (κ3) is 2.34. The molecular formula is C9H9O2+. The van der Waals surface area contributed by atoms with Crippen molar-refractivity contribution in [1.29, 1.82) is 0 Å². The molecule has 1 aromatic rings. The molecule has 56 valence electrons. The zero-order chi connectivity index (χ0) is 8.10. The molecule has 1 rings (SSSR count). The second-order valence-corrected chi connectivity index (χ2v) is 2.08. The van der Waals surface area contributed by atoms with E-state index in [0.717, 1.165) is 5.56 Å². The minimum atomic E-state index is -0.323. The summed E-state index contributed by atoms with van der Waals surface area (Å²) in [5.74, 6) is -0.323. The molecule has 0 bridgehead atoms. The molecule has 11 heavy (non-hydrogen) atoms. The molecule has 0 saturated carbocycles. The Labute approximate surface area is 65.8 Å². The molecule has 2 nitrogen and oxygen atoms in total. The average Bonchev–Trinajstić information content (AvgIpc) is 2.06. The summed E-state index contributed by atoms with van der Waals surface area (Å²) in [6.07, 6.45) is 1.44. The molecule has 0 aliphatic heterocycles. The Hall–Kier alpha value is -1.44. The number of benzene rings is 1. The molecule has 1 aromatic carbocycles. The maximum Gasteiger partial charge on any atom is 0.388 e. The van der Waals surface area contributed by atoms with Gasteiger partial charge in [-0.3, -0.25) is 0 Å². The van der Waals surface area contributed by atoms with E-state index in [2.05, 4.69) is 4.74 Å². The number of methoxy groups -OCH3 is 1. The lowest BCUT2D eigenvalue weighted by atomic mass is 10.2. The summed E-state index contributed by atoms with van der Waals surface area (Å²) in [6, 6.07) is 9.33. The monoisotopic (exact) mass is 149 g/mol. The van der Waals surface area contributed by atoms with E-state index < -0.39 is 0 Å². The fourth-order valence-corrected chi connectivity index (χ4v) is 0.744. The topological polar surface area (TPSA) is 26.3 Å². The van der Waals surface area contributed by atoms with E-state index in [0.29, 0.717) is 0 Å². The van der Waals surface area contributed by atoms with Crippen LogP contribution in [0, 0.1) is 6.42 Å². The van der Waals surface area contributed by atoms with Gasteiger partial charge in [0.1, 0.15) is 12.0 Å². The van der Waals surface area contributed by atoms with Gasteiger partial charge in [-0.2, -0.15) is 0 Å². The van der Waals surface area contributed by atoms with Crippen LogP contribution in [0.5, 0.6) is 0 Å². The van der Waals surface area contributed by atoms with Crippen LogP contribution >= 0.6 is 0 Å². The first kappa shape index (κ1) is 7.66. The van der Waals surface area contributed by atoms with E-state index in [1.54, 1.807) is 0 Å². The van der Waals surface area contributed by atoms with Gasteiger partial charge in [-0.25, -0.2) is 4.79 Å². The minimum Gasteiger partial charge on any atom is -0.456 e. The van der Waals surface area contributed by atoms with Crippen molar-refractivity contribution in [1.82, 2.24) is 0 Å². The molecule has 0 aliphatic rings. The van der Waals surface area contributed by atoms with Crippen LogP contribution in [0.4, 0.5) is 0 Å². The van der Waals surface area contributed by atoms with Gasteiger partial charge in [0.25, 0.3) is 0 Å². The lowest BCUT2D eigenvalue weighted by molar-refractivity contribution is -0.136. The lowest BCUT2D eigenvalue weighted by Gasteiger charge is -1.90.